The van der Waals surface area contributed by atoms with Crippen molar-refractivity contribution in [3.63, 3.8) is 0 Å². The standard InChI is InChI=1S/C10H13NO2S/c1-2-7-3-4-9(14-7)8-5-13-6-10(12)11-8/h3-4,8H,2,5-6H2,1H3,(H,11,12). The van der Waals surface area contributed by atoms with Gasteiger partial charge in [-0.25, -0.2) is 0 Å². The van der Waals surface area contributed by atoms with E-state index in [-0.39, 0.29) is 18.6 Å². The lowest BCUT2D eigenvalue weighted by Crippen LogP contribution is -2.39. The van der Waals surface area contributed by atoms with E-state index in [4.69, 9.17) is 4.74 Å². The highest BCUT2D eigenvalue weighted by molar-refractivity contribution is 7.12. The first-order valence-electron chi connectivity index (χ1n) is 4.75. The van der Waals surface area contributed by atoms with E-state index in [2.05, 4.69) is 24.4 Å². The lowest BCUT2D eigenvalue weighted by molar-refractivity contribution is -0.131. The second-order valence-corrected chi connectivity index (χ2v) is 4.49. The molecular formula is C10H13NO2S. The fourth-order valence-electron chi connectivity index (χ4n) is 1.47. The van der Waals surface area contributed by atoms with Crippen molar-refractivity contribution in [2.24, 2.45) is 0 Å². The van der Waals surface area contributed by atoms with Gasteiger partial charge in [-0.1, -0.05) is 6.92 Å². The maximum atomic E-state index is 11.1. The van der Waals surface area contributed by atoms with Crippen LogP contribution in [-0.2, 0) is 16.0 Å². The van der Waals surface area contributed by atoms with Crippen molar-refractivity contribution in [2.45, 2.75) is 19.4 Å². The van der Waals surface area contributed by atoms with Crippen LogP contribution in [0.2, 0.25) is 0 Å². The first-order chi connectivity index (χ1) is 6.79. The zero-order valence-corrected chi connectivity index (χ0v) is 8.89. The molecule has 1 saturated heterocycles. The largest absolute Gasteiger partial charge is 0.369 e. The lowest BCUT2D eigenvalue weighted by atomic mass is 10.2. The topological polar surface area (TPSA) is 38.3 Å². The van der Waals surface area contributed by atoms with Crippen LogP contribution in [0, 0.1) is 0 Å². The molecule has 4 heteroatoms. The minimum atomic E-state index is -0.0206. The third-order valence-electron chi connectivity index (χ3n) is 2.23. The molecule has 1 fully saturated rings. The Morgan fingerprint density at radius 3 is 3.14 bits per heavy atom. The van der Waals surface area contributed by atoms with Crippen molar-refractivity contribution in [1.82, 2.24) is 5.32 Å². The molecule has 1 aliphatic heterocycles. The summed E-state index contributed by atoms with van der Waals surface area (Å²) >= 11 is 1.75. The number of carbonyl (C=O) groups is 1. The lowest BCUT2D eigenvalue weighted by Gasteiger charge is -2.22. The van der Waals surface area contributed by atoms with Crippen molar-refractivity contribution in [3.8, 4) is 0 Å². The number of nitrogens with one attached hydrogen (secondary N) is 1. The summed E-state index contributed by atoms with van der Waals surface area (Å²) in [7, 11) is 0. The van der Waals surface area contributed by atoms with Crippen molar-refractivity contribution < 1.29 is 9.53 Å². The first kappa shape index (κ1) is 9.68. The first-order valence-corrected chi connectivity index (χ1v) is 5.57. The van der Waals surface area contributed by atoms with Gasteiger partial charge in [0.1, 0.15) is 6.61 Å². The zero-order chi connectivity index (χ0) is 9.97. The number of aryl methyl sites for hydroxylation is 1. The molecular weight excluding hydrogens is 198 g/mol. The predicted molar refractivity (Wildman–Crippen MR) is 55.4 cm³/mol. The van der Waals surface area contributed by atoms with Crippen LogP contribution in [-0.4, -0.2) is 19.1 Å². The van der Waals surface area contributed by atoms with Gasteiger partial charge in [0.05, 0.1) is 12.6 Å². The van der Waals surface area contributed by atoms with E-state index < -0.39 is 0 Å². The van der Waals surface area contributed by atoms with Crippen LogP contribution < -0.4 is 5.32 Å². The molecule has 0 saturated carbocycles. The third-order valence-corrected chi connectivity index (χ3v) is 3.57. The van der Waals surface area contributed by atoms with Crippen molar-refractivity contribution in [3.05, 3.63) is 21.9 Å². The van der Waals surface area contributed by atoms with Crippen LogP contribution in [0.1, 0.15) is 22.7 Å². The molecule has 0 aromatic carbocycles. The average Bonchev–Trinajstić information content (AvgIpc) is 2.66. The average molecular weight is 211 g/mol. The molecule has 1 atom stereocenters. The SMILES string of the molecule is CCc1ccc(C2COCC(=O)N2)s1. The molecule has 1 aromatic rings. The minimum absolute atomic E-state index is 0.0206. The van der Waals surface area contributed by atoms with Gasteiger partial charge in [-0.2, -0.15) is 0 Å². The second kappa shape index (κ2) is 4.11. The highest BCUT2D eigenvalue weighted by Crippen LogP contribution is 2.25. The number of hydrogen-bond acceptors (Lipinski definition) is 3. The molecule has 2 rings (SSSR count). The Bertz CT molecular complexity index is 335. The fourth-order valence-corrected chi connectivity index (χ4v) is 2.46. The van der Waals surface area contributed by atoms with Crippen LogP contribution in [0.25, 0.3) is 0 Å². The third kappa shape index (κ3) is 1.96. The van der Waals surface area contributed by atoms with Crippen LogP contribution in [0.15, 0.2) is 12.1 Å². The monoisotopic (exact) mass is 211 g/mol. The Kier molecular flexibility index (Phi) is 2.84. The Balaban J connectivity index is 2.09. The van der Waals surface area contributed by atoms with Gasteiger partial charge >= 0.3 is 0 Å². The molecule has 0 spiro atoms. The van der Waals surface area contributed by atoms with E-state index in [0.717, 1.165) is 6.42 Å². The van der Waals surface area contributed by atoms with Crippen LogP contribution in [0.3, 0.4) is 0 Å². The molecule has 0 bridgehead atoms. The Labute approximate surface area is 87.1 Å². The number of rotatable bonds is 2. The van der Waals surface area contributed by atoms with Crippen molar-refractivity contribution >= 4 is 17.2 Å². The smallest absolute Gasteiger partial charge is 0.246 e. The van der Waals surface area contributed by atoms with E-state index in [1.54, 1.807) is 11.3 Å². The summed E-state index contributed by atoms with van der Waals surface area (Å²) in [6.07, 6.45) is 1.05. The number of morpholine rings is 1. The van der Waals surface area contributed by atoms with E-state index >= 15 is 0 Å². The highest BCUT2D eigenvalue weighted by Gasteiger charge is 2.21. The maximum absolute atomic E-state index is 11.1. The molecule has 1 unspecified atom stereocenters. The van der Waals surface area contributed by atoms with Crippen LogP contribution >= 0.6 is 11.3 Å². The number of ether oxygens (including phenoxy) is 1. The molecule has 2 heterocycles. The summed E-state index contributed by atoms with van der Waals surface area (Å²) in [4.78, 5) is 13.6. The van der Waals surface area contributed by atoms with Crippen molar-refractivity contribution in [2.75, 3.05) is 13.2 Å². The van der Waals surface area contributed by atoms with Crippen LogP contribution in [0.4, 0.5) is 0 Å². The minimum Gasteiger partial charge on any atom is -0.369 e. The number of thiophene rings is 1. The summed E-state index contributed by atoms with van der Waals surface area (Å²) in [5, 5.41) is 2.92. The molecule has 76 valence electrons. The predicted octanol–water partition coefficient (Wildman–Crippen LogP) is 1.50. The molecule has 3 nitrogen and oxygen atoms in total. The van der Waals surface area contributed by atoms with Gasteiger partial charge in [-0.05, 0) is 18.6 Å². The van der Waals surface area contributed by atoms with Crippen LogP contribution in [0.5, 0.6) is 0 Å². The quantitative estimate of drug-likeness (QED) is 0.805. The van der Waals surface area contributed by atoms with Gasteiger partial charge in [0.2, 0.25) is 5.91 Å². The van der Waals surface area contributed by atoms with E-state index in [1.807, 2.05) is 0 Å². The maximum Gasteiger partial charge on any atom is 0.246 e. The van der Waals surface area contributed by atoms with Crippen molar-refractivity contribution in [1.29, 1.82) is 0 Å². The van der Waals surface area contributed by atoms with Gasteiger partial charge in [0.15, 0.2) is 0 Å². The summed E-state index contributed by atoms with van der Waals surface area (Å²) in [6, 6.07) is 4.24. The second-order valence-electron chi connectivity index (χ2n) is 3.29. The molecule has 1 N–H and O–H groups in total. The number of hydrogen-bond donors (Lipinski definition) is 1. The van der Waals surface area contributed by atoms with E-state index in [1.165, 1.54) is 9.75 Å². The highest BCUT2D eigenvalue weighted by atomic mass is 32.1. The summed E-state index contributed by atoms with van der Waals surface area (Å²) in [6.45, 7) is 2.92. The summed E-state index contributed by atoms with van der Waals surface area (Å²) < 4.78 is 5.19. The number of amides is 1. The summed E-state index contributed by atoms with van der Waals surface area (Å²) in [5.74, 6) is -0.0206. The Morgan fingerprint density at radius 1 is 1.64 bits per heavy atom. The summed E-state index contributed by atoms with van der Waals surface area (Å²) in [5.41, 5.74) is 0. The molecule has 1 aliphatic rings. The molecule has 0 aliphatic carbocycles. The molecule has 0 radical (unpaired) electrons. The van der Waals surface area contributed by atoms with Gasteiger partial charge < -0.3 is 10.1 Å². The van der Waals surface area contributed by atoms with Gasteiger partial charge in [-0.3, -0.25) is 4.79 Å². The van der Waals surface area contributed by atoms with E-state index in [9.17, 15) is 4.79 Å². The Morgan fingerprint density at radius 2 is 2.50 bits per heavy atom. The molecule has 14 heavy (non-hydrogen) atoms. The zero-order valence-electron chi connectivity index (χ0n) is 8.08. The van der Waals surface area contributed by atoms with Gasteiger partial charge in [0, 0.05) is 9.75 Å². The van der Waals surface area contributed by atoms with Gasteiger partial charge in [0.25, 0.3) is 0 Å². The number of carbonyl (C=O) groups excluding carboxylic acids is 1. The molecule has 1 amide bonds. The van der Waals surface area contributed by atoms with E-state index in [0.29, 0.717) is 6.61 Å². The normalized spacial score (nSPS) is 22.1. The Hall–Kier alpha value is -0.870. The fraction of sp³-hybridized carbons (Fsp3) is 0.500. The van der Waals surface area contributed by atoms with Gasteiger partial charge in [-0.15, -0.1) is 11.3 Å². The molecule has 1 aromatic heterocycles.